The Morgan fingerprint density at radius 3 is 2.54 bits per heavy atom. The Hall–Kier alpha value is -0.620. The lowest BCUT2D eigenvalue weighted by Gasteiger charge is -2.26. The van der Waals surface area contributed by atoms with Crippen molar-refractivity contribution >= 4 is 15.8 Å². The van der Waals surface area contributed by atoms with Crippen molar-refractivity contribution in [3.8, 4) is 0 Å². The molecule has 76 valence electrons. The van der Waals surface area contributed by atoms with Crippen LogP contribution >= 0.6 is 0 Å². The molecule has 1 aliphatic rings. The van der Waals surface area contributed by atoms with E-state index in [1.165, 1.54) is 0 Å². The molecule has 0 aromatic rings. The van der Waals surface area contributed by atoms with Gasteiger partial charge in [-0.25, -0.2) is 8.42 Å². The van der Waals surface area contributed by atoms with E-state index in [4.69, 9.17) is 5.11 Å². The van der Waals surface area contributed by atoms with Crippen LogP contribution in [0, 0.1) is 0 Å². The summed E-state index contributed by atoms with van der Waals surface area (Å²) in [6.07, 6.45) is 0.679. The Kier molecular flexibility index (Phi) is 3.27. The van der Waals surface area contributed by atoms with Gasteiger partial charge in [-0.1, -0.05) is 0 Å². The van der Waals surface area contributed by atoms with E-state index in [-0.39, 0.29) is 24.0 Å². The fraction of sp³-hybridized carbons (Fsp3) is 0.857. The molecule has 6 heteroatoms. The van der Waals surface area contributed by atoms with Gasteiger partial charge in [-0.05, 0) is 13.0 Å². The van der Waals surface area contributed by atoms with Gasteiger partial charge in [-0.2, -0.15) is 0 Å². The highest BCUT2D eigenvalue weighted by atomic mass is 32.2. The molecule has 0 radical (unpaired) electrons. The fourth-order valence-corrected chi connectivity index (χ4v) is 2.59. The van der Waals surface area contributed by atoms with Crippen LogP contribution in [0.5, 0.6) is 0 Å². The quantitative estimate of drug-likeness (QED) is 0.579. The molecule has 1 heterocycles. The van der Waals surface area contributed by atoms with Gasteiger partial charge in [0.15, 0.2) is 9.84 Å². The molecule has 13 heavy (non-hydrogen) atoms. The number of sulfone groups is 1. The number of aliphatic carboxylic acids is 1. The summed E-state index contributed by atoms with van der Waals surface area (Å²) in [5, 5.41) is 11.3. The SMILES string of the molecule is O=C(O)CCCNC1CS(=O)(=O)C1. The van der Waals surface area contributed by atoms with Crippen molar-refractivity contribution in [1.29, 1.82) is 0 Å². The highest BCUT2D eigenvalue weighted by Gasteiger charge is 2.32. The highest BCUT2D eigenvalue weighted by molar-refractivity contribution is 7.92. The number of carboxylic acid groups (broad SMARTS) is 1. The second-order valence-corrected chi connectivity index (χ2v) is 5.38. The molecule has 0 saturated carbocycles. The second-order valence-electron chi connectivity index (χ2n) is 3.23. The average Bonchev–Trinajstić information content (AvgIpc) is 1.93. The van der Waals surface area contributed by atoms with Gasteiger partial charge in [0.1, 0.15) is 0 Å². The van der Waals surface area contributed by atoms with E-state index in [0.717, 1.165) is 0 Å². The molecule has 0 bridgehead atoms. The number of rotatable bonds is 5. The summed E-state index contributed by atoms with van der Waals surface area (Å²) in [6, 6.07) is 0.0406. The molecular weight excluding hydrogens is 194 g/mol. The van der Waals surface area contributed by atoms with Crippen LogP contribution in [-0.4, -0.2) is 43.6 Å². The zero-order chi connectivity index (χ0) is 9.90. The van der Waals surface area contributed by atoms with Crippen LogP contribution in [0.25, 0.3) is 0 Å². The Balaban J connectivity index is 2.00. The molecular formula is C7H13NO4S. The number of carboxylic acids is 1. The van der Waals surface area contributed by atoms with Gasteiger partial charge in [0.05, 0.1) is 11.5 Å². The first kappa shape index (κ1) is 10.5. The molecule has 0 spiro atoms. The van der Waals surface area contributed by atoms with E-state index in [9.17, 15) is 13.2 Å². The van der Waals surface area contributed by atoms with Crippen molar-refractivity contribution in [2.24, 2.45) is 0 Å². The molecule has 0 aliphatic carbocycles. The molecule has 1 rings (SSSR count). The van der Waals surface area contributed by atoms with Crippen LogP contribution in [0.3, 0.4) is 0 Å². The minimum absolute atomic E-state index is 0.0406. The van der Waals surface area contributed by atoms with Crippen molar-refractivity contribution in [3.05, 3.63) is 0 Å². The lowest BCUT2D eigenvalue weighted by Crippen LogP contribution is -2.51. The Labute approximate surface area is 77.1 Å². The summed E-state index contributed by atoms with van der Waals surface area (Å²) in [5.41, 5.74) is 0. The third-order valence-corrected chi connectivity index (χ3v) is 3.73. The predicted molar refractivity (Wildman–Crippen MR) is 47.3 cm³/mol. The zero-order valence-electron chi connectivity index (χ0n) is 7.19. The summed E-state index contributed by atoms with van der Waals surface area (Å²) >= 11 is 0. The van der Waals surface area contributed by atoms with Crippen LogP contribution in [-0.2, 0) is 14.6 Å². The van der Waals surface area contributed by atoms with E-state index < -0.39 is 15.8 Å². The van der Waals surface area contributed by atoms with Gasteiger partial charge in [0.2, 0.25) is 0 Å². The molecule has 0 aromatic carbocycles. The molecule has 0 aromatic heterocycles. The maximum Gasteiger partial charge on any atom is 0.303 e. The van der Waals surface area contributed by atoms with Crippen molar-refractivity contribution in [2.75, 3.05) is 18.1 Å². The molecule has 5 nitrogen and oxygen atoms in total. The molecule has 1 fully saturated rings. The first-order chi connectivity index (χ1) is 5.99. The zero-order valence-corrected chi connectivity index (χ0v) is 8.01. The van der Waals surface area contributed by atoms with Crippen LogP contribution in [0.15, 0.2) is 0 Å². The lowest BCUT2D eigenvalue weighted by molar-refractivity contribution is -0.137. The third kappa shape index (κ3) is 3.73. The number of hydrogen-bond acceptors (Lipinski definition) is 4. The lowest BCUT2D eigenvalue weighted by atomic mass is 10.3. The van der Waals surface area contributed by atoms with Crippen molar-refractivity contribution in [3.63, 3.8) is 0 Å². The van der Waals surface area contributed by atoms with Crippen LogP contribution < -0.4 is 5.32 Å². The number of nitrogens with one attached hydrogen (secondary N) is 1. The summed E-state index contributed by atoms with van der Waals surface area (Å²) in [5.74, 6) is -0.428. The Bertz CT molecular complexity index is 273. The predicted octanol–water partition coefficient (Wildman–Crippen LogP) is -0.762. The standard InChI is InChI=1S/C7H13NO4S/c9-7(10)2-1-3-8-6-4-13(11,12)5-6/h6,8H,1-5H2,(H,9,10). The normalized spacial score (nSPS) is 20.9. The summed E-state index contributed by atoms with van der Waals surface area (Å²) in [6.45, 7) is 0.576. The third-order valence-electron chi connectivity index (χ3n) is 1.91. The van der Waals surface area contributed by atoms with E-state index in [0.29, 0.717) is 13.0 Å². The average molecular weight is 207 g/mol. The van der Waals surface area contributed by atoms with Gasteiger partial charge in [-0.15, -0.1) is 0 Å². The number of carbonyl (C=O) groups is 1. The monoisotopic (exact) mass is 207 g/mol. The van der Waals surface area contributed by atoms with Gasteiger partial charge in [0, 0.05) is 12.5 Å². The topological polar surface area (TPSA) is 83.5 Å². The van der Waals surface area contributed by atoms with Crippen LogP contribution in [0.1, 0.15) is 12.8 Å². The maximum absolute atomic E-state index is 10.7. The van der Waals surface area contributed by atoms with Gasteiger partial charge in [-0.3, -0.25) is 4.79 Å². The van der Waals surface area contributed by atoms with Gasteiger partial charge in [0.25, 0.3) is 0 Å². The fourth-order valence-electron chi connectivity index (χ4n) is 1.23. The van der Waals surface area contributed by atoms with E-state index in [2.05, 4.69) is 5.32 Å². The first-order valence-corrected chi connectivity index (χ1v) is 5.97. The number of hydrogen-bond donors (Lipinski definition) is 2. The Morgan fingerprint density at radius 2 is 2.08 bits per heavy atom. The molecule has 1 aliphatic heterocycles. The minimum Gasteiger partial charge on any atom is -0.481 e. The molecule has 1 saturated heterocycles. The van der Waals surface area contributed by atoms with Crippen molar-refractivity contribution < 1.29 is 18.3 Å². The van der Waals surface area contributed by atoms with Gasteiger partial charge >= 0.3 is 5.97 Å². The van der Waals surface area contributed by atoms with Crippen molar-refractivity contribution in [1.82, 2.24) is 5.32 Å². The Morgan fingerprint density at radius 1 is 1.46 bits per heavy atom. The minimum atomic E-state index is -2.76. The maximum atomic E-state index is 10.7. The largest absolute Gasteiger partial charge is 0.481 e. The van der Waals surface area contributed by atoms with Crippen LogP contribution in [0.2, 0.25) is 0 Å². The summed E-state index contributed by atoms with van der Waals surface area (Å²) in [7, 11) is -2.76. The van der Waals surface area contributed by atoms with Crippen molar-refractivity contribution in [2.45, 2.75) is 18.9 Å². The summed E-state index contributed by atoms with van der Waals surface area (Å²) < 4.78 is 21.4. The van der Waals surface area contributed by atoms with E-state index in [1.54, 1.807) is 0 Å². The molecule has 0 unspecified atom stereocenters. The van der Waals surface area contributed by atoms with Gasteiger partial charge < -0.3 is 10.4 Å². The van der Waals surface area contributed by atoms with Crippen LogP contribution in [0.4, 0.5) is 0 Å². The second kappa shape index (κ2) is 4.06. The highest BCUT2D eigenvalue weighted by Crippen LogP contribution is 2.09. The summed E-state index contributed by atoms with van der Waals surface area (Å²) in [4.78, 5) is 10.1. The molecule has 2 N–H and O–H groups in total. The molecule has 0 atom stereocenters. The first-order valence-electron chi connectivity index (χ1n) is 4.15. The smallest absolute Gasteiger partial charge is 0.303 e. The van der Waals surface area contributed by atoms with E-state index >= 15 is 0 Å². The van der Waals surface area contributed by atoms with E-state index in [1.807, 2.05) is 0 Å². The molecule has 0 amide bonds.